The Morgan fingerprint density at radius 1 is 0.467 bits per heavy atom. The van der Waals surface area contributed by atoms with Gasteiger partial charge in [-0.05, 0) is 92.3 Å². The van der Waals surface area contributed by atoms with Crippen molar-refractivity contribution < 1.29 is 4.39 Å². The first-order valence-corrected chi connectivity index (χ1v) is 15.6. The Morgan fingerprint density at radius 3 is 1.36 bits per heavy atom. The first-order valence-electron chi connectivity index (χ1n) is 15.6. The fraction of sp³-hybridized carbons (Fsp3) is 0.211. The lowest BCUT2D eigenvalue weighted by Crippen LogP contribution is -2.33. The molecule has 0 saturated heterocycles. The molecule has 0 fully saturated rings. The van der Waals surface area contributed by atoms with Crippen LogP contribution in [0.1, 0.15) is 39.5 Å². The van der Waals surface area contributed by atoms with Crippen LogP contribution >= 0.6 is 0 Å². The number of benzene rings is 6. The Kier molecular flexibility index (Phi) is 6.04. The molecule has 2 aromatic heterocycles. The summed E-state index contributed by atoms with van der Waals surface area (Å²) in [6.07, 6.45) is 3.05. The molecular weight excluding hydrogens is 567 g/mol. The molecule has 0 unspecified atom stereocenters. The predicted molar refractivity (Wildman–Crippen MR) is 182 cm³/mol. The van der Waals surface area contributed by atoms with Crippen molar-refractivity contribution in [3.05, 3.63) is 114 Å². The van der Waals surface area contributed by atoms with E-state index in [4.69, 9.17) is 0 Å². The second kappa shape index (κ2) is 9.92. The molecule has 8 aromatic rings. The number of hydrogen-bond acceptors (Lipinski definition) is 4. The Labute approximate surface area is 255 Å². The number of nitrogens with zero attached hydrogens (tertiary/aromatic N) is 2. The van der Waals surface area contributed by atoms with Crippen LogP contribution in [0, 0.1) is 5.82 Å². The Hall–Kier alpha value is -5.17. The highest BCUT2D eigenvalue weighted by Crippen LogP contribution is 2.44. The minimum absolute atomic E-state index is 0.313. The summed E-state index contributed by atoms with van der Waals surface area (Å²) in [6.45, 7) is 4.67. The Balaban J connectivity index is 1.69. The van der Waals surface area contributed by atoms with Gasteiger partial charge in [-0.2, -0.15) is 0 Å². The molecule has 0 aliphatic carbocycles. The van der Waals surface area contributed by atoms with Crippen molar-refractivity contribution in [1.29, 1.82) is 0 Å². The van der Waals surface area contributed by atoms with Gasteiger partial charge in [0, 0.05) is 45.4 Å². The van der Waals surface area contributed by atoms with Crippen LogP contribution in [0.15, 0.2) is 85.9 Å². The molecule has 7 heteroatoms. The molecule has 222 valence electrons. The van der Waals surface area contributed by atoms with Crippen LogP contribution in [0.5, 0.6) is 0 Å². The van der Waals surface area contributed by atoms with Gasteiger partial charge < -0.3 is 0 Å². The maximum absolute atomic E-state index is 15.0. The third-order valence-electron chi connectivity index (χ3n) is 9.51. The van der Waals surface area contributed by atoms with Crippen LogP contribution in [0.3, 0.4) is 0 Å². The highest BCUT2D eigenvalue weighted by molar-refractivity contribution is 6.40. The summed E-state index contributed by atoms with van der Waals surface area (Å²) >= 11 is 0. The van der Waals surface area contributed by atoms with E-state index in [9.17, 15) is 19.2 Å². The van der Waals surface area contributed by atoms with Gasteiger partial charge in [-0.3, -0.25) is 28.3 Å². The van der Waals surface area contributed by atoms with Crippen molar-refractivity contribution >= 4 is 75.4 Å². The molecule has 0 aliphatic rings. The molecule has 0 radical (unpaired) electrons. The largest absolute Gasteiger partial charge is 0.274 e. The first kappa shape index (κ1) is 27.4. The van der Waals surface area contributed by atoms with Crippen molar-refractivity contribution in [3.8, 4) is 0 Å². The summed E-state index contributed by atoms with van der Waals surface area (Å²) in [7, 11) is 0. The Bertz CT molecular complexity index is 2780. The molecule has 0 amide bonds. The van der Waals surface area contributed by atoms with Gasteiger partial charge in [0.2, 0.25) is 0 Å². The number of hydrogen-bond donors (Lipinski definition) is 0. The summed E-state index contributed by atoms with van der Waals surface area (Å²) in [5.74, 6) is -0.416. The third kappa shape index (κ3) is 3.67. The van der Waals surface area contributed by atoms with Crippen molar-refractivity contribution in [3.63, 3.8) is 0 Å². The number of fused-ring (bicyclic) bond motifs is 8. The van der Waals surface area contributed by atoms with E-state index in [0.29, 0.717) is 79.8 Å². The average molecular weight is 597 g/mol. The molecule has 8 rings (SSSR count). The Morgan fingerprint density at radius 2 is 0.867 bits per heavy atom. The van der Waals surface area contributed by atoms with Gasteiger partial charge in [-0.1, -0.05) is 57.0 Å². The summed E-state index contributed by atoms with van der Waals surface area (Å²) < 4.78 is 17.7. The van der Waals surface area contributed by atoms with E-state index in [-0.39, 0.29) is 22.2 Å². The van der Waals surface area contributed by atoms with E-state index >= 15 is 4.39 Å². The lowest BCUT2D eigenvalue weighted by molar-refractivity contribution is 0.604. The number of rotatable bonds is 6. The van der Waals surface area contributed by atoms with Crippen LogP contribution in [-0.2, 0) is 13.1 Å². The number of pyridine rings is 2. The van der Waals surface area contributed by atoms with Crippen LogP contribution < -0.4 is 22.2 Å². The molecule has 6 nitrogen and oxygen atoms in total. The van der Waals surface area contributed by atoms with Crippen LogP contribution in [0.2, 0.25) is 0 Å². The maximum atomic E-state index is 15.0. The van der Waals surface area contributed by atoms with Gasteiger partial charge in [0.25, 0.3) is 22.2 Å². The molecular formula is C38H29FN2O4. The monoisotopic (exact) mass is 596 g/mol. The van der Waals surface area contributed by atoms with E-state index in [0.717, 1.165) is 34.4 Å². The van der Waals surface area contributed by atoms with Crippen molar-refractivity contribution in [2.75, 3.05) is 0 Å². The van der Waals surface area contributed by atoms with Crippen LogP contribution in [-0.4, -0.2) is 9.13 Å². The van der Waals surface area contributed by atoms with Crippen molar-refractivity contribution in [2.24, 2.45) is 0 Å². The van der Waals surface area contributed by atoms with Gasteiger partial charge in [-0.25, -0.2) is 4.39 Å². The fourth-order valence-electron chi connectivity index (χ4n) is 7.41. The highest BCUT2D eigenvalue weighted by atomic mass is 19.1. The van der Waals surface area contributed by atoms with Gasteiger partial charge in [0.05, 0.1) is 0 Å². The number of halogens is 1. The minimum Gasteiger partial charge on any atom is -0.274 e. The molecule has 0 N–H and O–H groups in total. The molecule has 45 heavy (non-hydrogen) atoms. The highest BCUT2D eigenvalue weighted by Gasteiger charge is 2.23. The predicted octanol–water partition coefficient (Wildman–Crippen LogP) is 7.42. The van der Waals surface area contributed by atoms with Crippen molar-refractivity contribution in [2.45, 2.75) is 52.6 Å². The molecule has 0 aliphatic heterocycles. The van der Waals surface area contributed by atoms with Crippen LogP contribution in [0.25, 0.3) is 75.4 Å². The van der Waals surface area contributed by atoms with E-state index in [1.807, 2.05) is 44.2 Å². The molecule has 0 atom stereocenters. The van der Waals surface area contributed by atoms with Crippen LogP contribution in [0.4, 0.5) is 4.39 Å². The summed E-state index contributed by atoms with van der Waals surface area (Å²) in [6, 6.07) is 19.2. The van der Waals surface area contributed by atoms with Gasteiger partial charge in [0.15, 0.2) is 0 Å². The zero-order valence-electron chi connectivity index (χ0n) is 25.0. The van der Waals surface area contributed by atoms with Gasteiger partial charge in [-0.15, -0.1) is 0 Å². The zero-order valence-corrected chi connectivity index (χ0v) is 25.0. The lowest BCUT2D eigenvalue weighted by atomic mass is 9.86. The molecule has 6 aromatic carbocycles. The number of unbranched alkanes of at least 4 members (excludes halogenated alkanes) is 2. The van der Waals surface area contributed by atoms with Gasteiger partial charge in [0.1, 0.15) is 5.82 Å². The second-order valence-electron chi connectivity index (χ2n) is 12.1. The SMILES string of the molecule is CCCCn1c(=O)c2cccc3c2c(cc2c4cc5c(=O)n(CCCC)c(=O)c6cccc(c65)c4c4cc(F)ccc4c23)c1=O. The molecule has 0 spiro atoms. The topological polar surface area (TPSA) is 78.1 Å². The lowest BCUT2D eigenvalue weighted by Gasteiger charge is -2.18. The van der Waals surface area contributed by atoms with E-state index in [2.05, 4.69) is 0 Å². The third-order valence-corrected chi connectivity index (χ3v) is 9.51. The van der Waals surface area contributed by atoms with Crippen molar-refractivity contribution in [1.82, 2.24) is 9.13 Å². The normalized spacial score (nSPS) is 12.3. The first-order chi connectivity index (χ1) is 21.8. The van der Waals surface area contributed by atoms with E-state index in [1.165, 1.54) is 21.3 Å². The maximum Gasteiger partial charge on any atom is 0.261 e. The standard InChI is InChI=1S/C38H29FN2O4/c1-3-5-15-40-35(42)24-11-7-9-22-31-21-14-13-20(39)17-26(21)34-23-10-8-12-25-33(23)30(38(45)41(36(25)43)16-6-4-2)19-28(34)27(31)18-29(32(22)24)37(40)44/h7-14,17-19H,3-6,15-16H2,1-2H3. The smallest absolute Gasteiger partial charge is 0.261 e. The quantitative estimate of drug-likeness (QED) is 0.148. The zero-order chi connectivity index (χ0) is 31.1. The van der Waals surface area contributed by atoms with E-state index in [1.54, 1.807) is 24.3 Å². The molecule has 2 heterocycles. The summed E-state index contributed by atoms with van der Waals surface area (Å²) in [4.78, 5) is 55.2. The minimum atomic E-state index is -0.416. The molecule has 0 saturated carbocycles. The summed E-state index contributed by atoms with van der Waals surface area (Å²) in [5, 5.41) is 8.63. The average Bonchev–Trinajstić information content (AvgIpc) is 3.05. The van der Waals surface area contributed by atoms with E-state index < -0.39 is 5.82 Å². The second-order valence-corrected chi connectivity index (χ2v) is 12.1. The summed E-state index contributed by atoms with van der Waals surface area (Å²) in [5.41, 5.74) is -1.34. The van der Waals surface area contributed by atoms with Gasteiger partial charge >= 0.3 is 0 Å². The molecule has 0 bridgehead atoms. The fourth-order valence-corrected chi connectivity index (χ4v) is 7.41. The number of aromatic nitrogens is 2.